The Hall–Kier alpha value is -1.60. The van der Waals surface area contributed by atoms with Crippen molar-refractivity contribution < 1.29 is 4.74 Å². The number of halogens is 1. The number of hydrogen-bond acceptors (Lipinski definition) is 5. The van der Waals surface area contributed by atoms with Crippen molar-refractivity contribution in [1.82, 2.24) is 19.8 Å². The monoisotopic (exact) mass is 283 g/mol. The zero-order valence-corrected chi connectivity index (χ0v) is 11.2. The van der Waals surface area contributed by atoms with Crippen LogP contribution in [0.4, 0.5) is 5.82 Å². The number of ether oxygens (including phenoxy) is 1. The van der Waals surface area contributed by atoms with Crippen molar-refractivity contribution in [2.24, 2.45) is 0 Å². The summed E-state index contributed by atoms with van der Waals surface area (Å²) in [6.45, 7) is 3.38. The van der Waals surface area contributed by atoms with Crippen LogP contribution in [0.1, 0.15) is 6.92 Å². The summed E-state index contributed by atoms with van der Waals surface area (Å²) in [6, 6.07) is 3.61. The van der Waals surface area contributed by atoms with Gasteiger partial charge in [0.05, 0.1) is 18.1 Å². The third kappa shape index (κ3) is 2.31. The number of hydrogen-bond donors (Lipinski definition) is 1. The topological polar surface area (TPSA) is 75.5 Å². The summed E-state index contributed by atoms with van der Waals surface area (Å²) < 4.78 is 6.95. The summed E-state index contributed by atoms with van der Waals surface area (Å²) in [5.41, 5.74) is 0.163. The molecule has 0 amide bonds. The molecule has 2 aromatic heterocycles. The number of anilines is 1. The normalized spacial score (nSPS) is 24.0. The van der Waals surface area contributed by atoms with Crippen LogP contribution in [0.2, 0.25) is 0 Å². The summed E-state index contributed by atoms with van der Waals surface area (Å²) in [5.74, 6) is 1.16. The first kappa shape index (κ1) is 12.4. The van der Waals surface area contributed by atoms with Gasteiger partial charge in [0.1, 0.15) is 5.82 Å². The van der Waals surface area contributed by atoms with Crippen LogP contribution >= 0.6 is 11.6 Å². The zero-order chi connectivity index (χ0) is 13.4. The molecule has 0 radical (unpaired) electrons. The van der Waals surface area contributed by atoms with Gasteiger partial charge in [-0.3, -0.25) is 0 Å². The van der Waals surface area contributed by atoms with E-state index in [4.69, 9.17) is 16.3 Å². The Kier molecular flexibility index (Phi) is 3.16. The minimum atomic E-state index is -0.341. The summed E-state index contributed by atoms with van der Waals surface area (Å²) >= 11 is 5.86. The number of rotatable bonds is 2. The molecule has 1 N–H and O–H groups in total. The van der Waals surface area contributed by atoms with Gasteiger partial charge in [-0.25, -0.2) is 9.89 Å². The van der Waals surface area contributed by atoms with Crippen LogP contribution in [0.5, 0.6) is 0 Å². The van der Waals surface area contributed by atoms with Gasteiger partial charge in [-0.2, -0.15) is 9.61 Å². The number of alkyl halides is 1. The van der Waals surface area contributed by atoms with Crippen LogP contribution in [0.15, 0.2) is 16.9 Å². The molecule has 1 fully saturated rings. The highest BCUT2D eigenvalue weighted by Gasteiger charge is 2.25. The maximum Gasteiger partial charge on any atom is 0.364 e. The first-order chi connectivity index (χ1) is 9.17. The average molecular weight is 284 g/mol. The second kappa shape index (κ2) is 4.82. The number of aromatic nitrogens is 4. The van der Waals surface area contributed by atoms with E-state index in [-0.39, 0.29) is 17.9 Å². The highest BCUT2D eigenvalue weighted by molar-refractivity contribution is 6.18. The first-order valence-corrected chi connectivity index (χ1v) is 6.61. The number of morpholine rings is 1. The Labute approximate surface area is 114 Å². The van der Waals surface area contributed by atoms with Crippen LogP contribution in [-0.4, -0.2) is 51.0 Å². The van der Waals surface area contributed by atoms with Crippen molar-refractivity contribution in [3.05, 3.63) is 22.6 Å². The van der Waals surface area contributed by atoms with Gasteiger partial charge in [-0.1, -0.05) is 0 Å². The van der Waals surface area contributed by atoms with Crippen molar-refractivity contribution in [3.63, 3.8) is 0 Å². The highest BCUT2D eigenvalue weighted by Crippen LogP contribution is 2.18. The molecule has 1 aliphatic rings. The molecule has 0 aliphatic carbocycles. The molecule has 7 nitrogen and oxygen atoms in total. The van der Waals surface area contributed by atoms with Gasteiger partial charge >= 0.3 is 5.69 Å². The predicted molar refractivity (Wildman–Crippen MR) is 70.9 cm³/mol. The molecule has 0 bridgehead atoms. The van der Waals surface area contributed by atoms with Gasteiger partial charge in [-0.05, 0) is 19.1 Å². The SMILES string of the molecule is CC1CN(c2ccc3n[nH]c(=O)n3n2)CC(CCl)O1. The molecule has 3 rings (SSSR count). The van der Waals surface area contributed by atoms with E-state index in [9.17, 15) is 4.79 Å². The molecule has 102 valence electrons. The van der Waals surface area contributed by atoms with Gasteiger partial charge in [0.2, 0.25) is 0 Å². The summed E-state index contributed by atoms with van der Waals surface area (Å²) in [5, 5.41) is 10.5. The van der Waals surface area contributed by atoms with E-state index >= 15 is 0 Å². The molecule has 3 heterocycles. The molecule has 1 saturated heterocycles. The molecule has 0 spiro atoms. The van der Waals surface area contributed by atoms with E-state index in [0.717, 1.165) is 12.4 Å². The van der Waals surface area contributed by atoms with Gasteiger partial charge < -0.3 is 9.64 Å². The third-order valence-electron chi connectivity index (χ3n) is 3.08. The quantitative estimate of drug-likeness (QED) is 0.800. The number of H-pyrrole nitrogens is 1. The Morgan fingerprint density at radius 1 is 1.53 bits per heavy atom. The lowest BCUT2D eigenvalue weighted by Gasteiger charge is -2.36. The van der Waals surface area contributed by atoms with Crippen molar-refractivity contribution in [1.29, 1.82) is 0 Å². The van der Waals surface area contributed by atoms with E-state index in [1.54, 1.807) is 6.07 Å². The maximum atomic E-state index is 11.5. The Morgan fingerprint density at radius 3 is 3.16 bits per heavy atom. The highest BCUT2D eigenvalue weighted by atomic mass is 35.5. The lowest BCUT2D eigenvalue weighted by molar-refractivity contribution is -0.00363. The molecule has 0 saturated carbocycles. The van der Waals surface area contributed by atoms with Crippen LogP contribution < -0.4 is 10.6 Å². The molecule has 1 aliphatic heterocycles. The largest absolute Gasteiger partial charge is 0.370 e. The molecular weight excluding hydrogens is 270 g/mol. The van der Waals surface area contributed by atoms with E-state index in [2.05, 4.69) is 20.2 Å². The number of fused-ring (bicyclic) bond motifs is 1. The van der Waals surface area contributed by atoms with Crippen LogP contribution in [0, 0.1) is 0 Å². The molecule has 2 unspecified atom stereocenters. The van der Waals surface area contributed by atoms with E-state index in [0.29, 0.717) is 18.1 Å². The second-order valence-electron chi connectivity index (χ2n) is 4.62. The minimum absolute atomic E-state index is 0.0241. The van der Waals surface area contributed by atoms with E-state index in [1.165, 1.54) is 4.52 Å². The van der Waals surface area contributed by atoms with Crippen LogP contribution in [-0.2, 0) is 4.74 Å². The second-order valence-corrected chi connectivity index (χ2v) is 4.93. The molecular formula is C11H14ClN5O2. The average Bonchev–Trinajstić information content (AvgIpc) is 2.79. The number of nitrogens with one attached hydrogen (secondary N) is 1. The summed E-state index contributed by atoms with van der Waals surface area (Å²) in [4.78, 5) is 13.6. The van der Waals surface area contributed by atoms with Crippen molar-refractivity contribution >= 4 is 23.1 Å². The van der Waals surface area contributed by atoms with Gasteiger partial charge in [0.15, 0.2) is 5.65 Å². The summed E-state index contributed by atoms with van der Waals surface area (Å²) in [7, 11) is 0. The van der Waals surface area contributed by atoms with Gasteiger partial charge in [0.25, 0.3) is 0 Å². The van der Waals surface area contributed by atoms with Gasteiger partial charge in [-0.15, -0.1) is 16.7 Å². The van der Waals surface area contributed by atoms with Crippen molar-refractivity contribution in [2.75, 3.05) is 23.9 Å². The summed E-state index contributed by atoms with van der Waals surface area (Å²) in [6.07, 6.45) is 0.0556. The first-order valence-electron chi connectivity index (χ1n) is 6.08. The lowest BCUT2D eigenvalue weighted by atomic mass is 10.2. The van der Waals surface area contributed by atoms with Gasteiger partial charge in [0, 0.05) is 13.1 Å². The molecule has 0 aromatic carbocycles. The fraction of sp³-hybridized carbons (Fsp3) is 0.545. The smallest absolute Gasteiger partial charge is 0.364 e. The number of nitrogens with zero attached hydrogens (tertiary/aromatic N) is 4. The standard InChI is InChI=1S/C11H14ClN5O2/c1-7-5-16(6-8(4-12)19-7)10-3-2-9-13-14-11(18)17(9)15-10/h2-3,7-8H,4-6H2,1H3,(H,14,18). The third-order valence-corrected chi connectivity index (χ3v) is 3.43. The van der Waals surface area contributed by atoms with Crippen LogP contribution in [0.25, 0.3) is 5.65 Å². The van der Waals surface area contributed by atoms with Crippen LogP contribution in [0.3, 0.4) is 0 Å². The van der Waals surface area contributed by atoms with E-state index in [1.807, 2.05) is 13.0 Å². The predicted octanol–water partition coefficient (Wildman–Crippen LogP) is 0.250. The molecule has 19 heavy (non-hydrogen) atoms. The molecule has 2 atom stereocenters. The minimum Gasteiger partial charge on any atom is -0.370 e. The Bertz CT molecular complexity index is 639. The maximum absolute atomic E-state index is 11.5. The Morgan fingerprint density at radius 2 is 2.37 bits per heavy atom. The fourth-order valence-corrected chi connectivity index (χ4v) is 2.45. The van der Waals surface area contributed by atoms with E-state index < -0.39 is 0 Å². The fourth-order valence-electron chi connectivity index (χ4n) is 2.28. The Balaban J connectivity index is 1.94. The molecule has 2 aromatic rings. The van der Waals surface area contributed by atoms with Crippen molar-refractivity contribution in [3.8, 4) is 0 Å². The number of aromatic amines is 1. The lowest BCUT2D eigenvalue weighted by Crippen LogP contribution is -2.48. The molecule has 8 heteroatoms. The zero-order valence-electron chi connectivity index (χ0n) is 10.4. The van der Waals surface area contributed by atoms with Crippen molar-refractivity contribution in [2.45, 2.75) is 19.1 Å².